The van der Waals surface area contributed by atoms with Gasteiger partial charge in [0.1, 0.15) is 12.6 Å². The van der Waals surface area contributed by atoms with E-state index in [0.717, 1.165) is 64.2 Å². The van der Waals surface area contributed by atoms with Crippen molar-refractivity contribution in [2.45, 2.75) is 276 Å². The van der Waals surface area contributed by atoms with Gasteiger partial charge in [-0.15, -0.1) is 0 Å². The van der Waals surface area contributed by atoms with Crippen molar-refractivity contribution in [3.8, 4) is 0 Å². The van der Waals surface area contributed by atoms with Crippen LogP contribution >= 0.6 is 0 Å². The van der Waals surface area contributed by atoms with Crippen molar-refractivity contribution >= 4 is 17.9 Å². The molecule has 0 fully saturated rings. The second kappa shape index (κ2) is 50.7. The second-order valence-electron chi connectivity index (χ2n) is 20.5. The molecule has 0 heterocycles. The number of carbonyl (C=O) groups is 3. The Balaban J connectivity index is 4.16. The van der Waals surface area contributed by atoms with Crippen molar-refractivity contribution in [1.82, 2.24) is 0 Å². The van der Waals surface area contributed by atoms with Gasteiger partial charge in [-0.2, -0.15) is 0 Å². The number of unbranched alkanes of at least 4 members (excludes halogenated alkanes) is 30. The molecule has 0 amide bonds. The third-order valence-corrected chi connectivity index (χ3v) is 13.0. The number of likely N-dealkylation sites (N-methyl/N-ethyl adjacent to an activating group) is 1. The number of hydrogen-bond donors (Lipinski definition) is 0. The monoisotopic (exact) mass is 956 g/mol. The lowest BCUT2D eigenvalue weighted by Gasteiger charge is -2.34. The number of hydrogen-bond acceptors (Lipinski definition) is 7. The maximum absolute atomic E-state index is 12.8. The predicted octanol–water partition coefficient (Wildman–Crippen LogP) is 15.8. The van der Waals surface area contributed by atoms with E-state index in [0.29, 0.717) is 12.8 Å². The number of allylic oxidation sites excluding steroid dienone is 8. The second-order valence-corrected chi connectivity index (χ2v) is 20.5. The van der Waals surface area contributed by atoms with E-state index in [1.54, 1.807) is 0 Å². The zero-order valence-corrected chi connectivity index (χ0v) is 45.3. The summed E-state index contributed by atoms with van der Waals surface area (Å²) in [5.74, 6) is -1.72. The lowest BCUT2D eigenvalue weighted by molar-refractivity contribution is -0.889. The van der Waals surface area contributed by atoms with Crippen LogP contribution in [0, 0.1) is 0 Å². The molecule has 0 saturated carbocycles. The van der Waals surface area contributed by atoms with Crippen LogP contribution in [0.3, 0.4) is 0 Å². The van der Waals surface area contributed by atoms with E-state index in [9.17, 15) is 19.5 Å². The Morgan fingerprint density at radius 3 is 1.22 bits per heavy atom. The van der Waals surface area contributed by atoms with Gasteiger partial charge >= 0.3 is 11.9 Å². The van der Waals surface area contributed by atoms with Crippen molar-refractivity contribution < 1.29 is 38.2 Å². The molecule has 0 aliphatic rings. The van der Waals surface area contributed by atoms with Crippen LogP contribution in [0.4, 0.5) is 0 Å². The molecule has 2 unspecified atom stereocenters. The highest BCUT2D eigenvalue weighted by Crippen LogP contribution is 2.17. The van der Waals surface area contributed by atoms with E-state index in [2.05, 4.69) is 62.5 Å². The molecule has 8 heteroatoms. The van der Waals surface area contributed by atoms with Crippen LogP contribution in [-0.4, -0.2) is 75.5 Å². The SMILES string of the molecule is CC/C=C/C/C=C/C/C=C/C/C=C/CCCCCCCCCCCCC(=O)OC(COCCC(C(=O)[O-])[N+](C)(C)C)COC(=O)CCCCCCCCCCCCCCCCCCCCCCC. The number of carboxylic acid groups (broad SMARTS) is 1. The molecule has 0 aliphatic carbocycles. The standard InChI is InChI=1S/C60H109NO7/c1-6-8-10-12-14-16-18-20-22-24-26-28-29-31-33-35-37-39-41-43-45-47-49-51-59(63)68-56(54-66-53-52-57(60(64)65)61(3,4)5)55-67-58(62)50-48-46-44-42-40-38-36-34-32-30-27-25-23-21-19-17-15-13-11-9-7-2/h8,10,14,16,20,22,26,28,56-57H,6-7,9,11-13,15,17-19,21,23-25,27,29-55H2,1-5H3/b10-8+,16-14+,22-20+,28-26+. The topological polar surface area (TPSA) is 102 Å². The summed E-state index contributed by atoms with van der Waals surface area (Å²) < 4.78 is 17.3. The zero-order chi connectivity index (χ0) is 49.9. The number of aliphatic carboxylic acids is 1. The molecule has 0 aromatic rings. The number of carbonyl (C=O) groups excluding carboxylic acids is 3. The third kappa shape index (κ3) is 48.3. The summed E-state index contributed by atoms with van der Waals surface area (Å²) in [6.45, 7) is 4.59. The normalized spacial score (nSPS) is 13.1. The Morgan fingerprint density at radius 1 is 0.456 bits per heavy atom. The van der Waals surface area contributed by atoms with Gasteiger partial charge in [0.2, 0.25) is 0 Å². The first-order valence-corrected chi connectivity index (χ1v) is 28.7. The van der Waals surface area contributed by atoms with Crippen LogP contribution in [-0.2, 0) is 28.6 Å². The fourth-order valence-corrected chi connectivity index (χ4v) is 8.59. The van der Waals surface area contributed by atoms with E-state index in [4.69, 9.17) is 14.2 Å². The van der Waals surface area contributed by atoms with Gasteiger partial charge in [-0.05, 0) is 51.4 Å². The molecule has 0 saturated heterocycles. The van der Waals surface area contributed by atoms with Crippen LogP contribution < -0.4 is 5.11 Å². The van der Waals surface area contributed by atoms with Gasteiger partial charge in [0, 0.05) is 19.3 Å². The largest absolute Gasteiger partial charge is 0.544 e. The Labute approximate surface area is 420 Å². The molecular weight excluding hydrogens is 847 g/mol. The maximum Gasteiger partial charge on any atom is 0.306 e. The highest BCUT2D eigenvalue weighted by atomic mass is 16.6. The van der Waals surface area contributed by atoms with Crippen molar-refractivity contribution in [3.63, 3.8) is 0 Å². The Hall–Kier alpha value is -2.71. The maximum atomic E-state index is 12.8. The first kappa shape index (κ1) is 65.3. The molecule has 0 radical (unpaired) electrons. The fraction of sp³-hybridized carbons (Fsp3) is 0.817. The van der Waals surface area contributed by atoms with Crippen molar-refractivity contribution in [2.75, 3.05) is 41.0 Å². The first-order valence-electron chi connectivity index (χ1n) is 28.7. The highest BCUT2D eigenvalue weighted by molar-refractivity contribution is 5.70. The molecule has 0 aromatic carbocycles. The van der Waals surface area contributed by atoms with E-state index in [-0.39, 0.29) is 42.7 Å². The Bertz CT molecular complexity index is 1250. The van der Waals surface area contributed by atoms with Gasteiger partial charge < -0.3 is 28.6 Å². The van der Waals surface area contributed by atoms with Crippen LogP contribution in [0.2, 0.25) is 0 Å². The molecule has 0 aliphatic heterocycles. The zero-order valence-electron chi connectivity index (χ0n) is 45.3. The smallest absolute Gasteiger partial charge is 0.306 e. The summed E-state index contributed by atoms with van der Waals surface area (Å²) in [4.78, 5) is 37.2. The lowest BCUT2D eigenvalue weighted by atomic mass is 10.0. The predicted molar refractivity (Wildman–Crippen MR) is 286 cm³/mol. The highest BCUT2D eigenvalue weighted by Gasteiger charge is 2.25. The van der Waals surface area contributed by atoms with E-state index in [1.807, 2.05) is 21.1 Å². The Morgan fingerprint density at radius 2 is 0.824 bits per heavy atom. The molecule has 0 N–H and O–H groups in total. The van der Waals surface area contributed by atoms with Crippen LogP contribution in [0.1, 0.15) is 264 Å². The van der Waals surface area contributed by atoms with Gasteiger partial charge in [0.15, 0.2) is 6.10 Å². The molecular formula is C60H109NO7. The van der Waals surface area contributed by atoms with Gasteiger partial charge in [-0.3, -0.25) is 9.59 Å². The molecule has 396 valence electrons. The Kier molecular flexibility index (Phi) is 48.7. The number of quaternary nitrogens is 1. The number of esters is 2. The molecule has 0 spiro atoms. The number of rotatable bonds is 52. The molecule has 0 bridgehead atoms. The van der Waals surface area contributed by atoms with Crippen molar-refractivity contribution in [3.05, 3.63) is 48.6 Å². The van der Waals surface area contributed by atoms with Gasteiger partial charge in [0.05, 0.1) is 40.3 Å². The average molecular weight is 957 g/mol. The molecule has 68 heavy (non-hydrogen) atoms. The van der Waals surface area contributed by atoms with Crippen molar-refractivity contribution in [1.29, 1.82) is 0 Å². The quantitative estimate of drug-likeness (QED) is 0.0259. The summed E-state index contributed by atoms with van der Waals surface area (Å²) in [6, 6.07) is -0.727. The molecule has 0 aromatic heterocycles. The molecule has 2 atom stereocenters. The first-order chi connectivity index (χ1) is 33.1. The number of ether oxygens (including phenoxy) is 3. The van der Waals surface area contributed by atoms with E-state index < -0.39 is 18.1 Å². The summed E-state index contributed by atoms with van der Waals surface area (Å²) in [6.07, 6.45) is 62.9. The van der Waals surface area contributed by atoms with Gasteiger partial charge in [0.25, 0.3) is 0 Å². The van der Waals surface area contributed by atoms with Gasteiger partial charge in [-0.1, -0.05) is 242 Å². The summed E-state index contributed by atoms with van der Waals surface area (Å²) in [5, 5.41) is 11.7. The van der Waals surface area contributed by atoms with Crippen LogP contribution in [0.15, 0.2) is 48.6 Å². The molecule has 0 rings (SSSR count). The number of nitrogens with zero attached hydrogens (tertiary/aromatic N) is 1. The van der Waals surface area contributed by atoms with Crippen molar-refractivity contribution in [2.24, 2.45) is 0 Å². The minimum Gasteiger partial charge on any atom is -0.544 e. The third-order valence-electron chi connectivity index (χ3n) is 13.0. The average Bonchev–Trinajstić information content (AvgIpc) is 3.30. The van der Waals surface area contributed by atoms with E-state index >= 15 is 0 Å². The minimum absolute atomic E-state index is 0.0414. The minimum atomic E-state index is -1.12. The lowest BCUT2D eigenvalue weighted by Crippen LogP contribution is -2.55. The molecule has 8 nitrogen and oxygen atoms in total. The van der Waals surface area contributed by atoms with Crippen LogP contribution in [0.5, 0.6) is 0 Å². The van der Waals surface area contributed by atoms with Crippen LogP contribution in [0.25, 0.3) is 0 Å². The van der Waals surface area contributed by atoms with E-state index in [1.165, 1.54) is 167 Å². The number of carboxylic acids is 1. The summed E-state index contributed by atoms with van der Waals surface area (Å²) >= 11 is 0. The summed E-state index contributed by atoms with van der Waals surface area (Å²) in [7, 11) is 5.43. The summed E-state index contributed by atoms with van der Waals surface area (Å²) in [5.41, 5.74) is 0. The fourth-order valence-electron chi connectivity index (χ4n) is 8.59. The van der Waals surface area contributed by atoms with Gasteiger partial charge in [-0.25, -0.2) is 0 Å².